The minimum absolute atomic E-state index is 0.0749. The Labute approximate surface area is 118 Å². The maximum atomic E-state index is 11.2. The summed E-state index contributed by atoms with van der Waals surface area (Å²) in [5.41, 5.74) is 0.545. The molecule has 110 valence electrons. The first-order valence-corrected chi connectivity index (χ1v) is 7.85. The third-order valence-corrected chi connectivity index (χ3v) is 5.08. The largest absolute Gasteiger partial charge is 0.351 e. The van der Waals surface area contributed by atoms with Gasteiger partial charge in [-0.25, -0.2) is 0 Å². The highest BCUT2D eigenvalue weighted by molar-refractivity contribution is 5.73. The molecule has 1 aliphatic carbocycles. The van der Waals surface area contributed by atoms with Crippen LogP contribution in [0.1, 0.15) is 66.2 Å². The Kier molecular flexibility index (Phi) is 4.24. The molecule has 3 heteroatoms. The number of carbonyl (C=O) groups is 1. The molecule has 19 heavy (non-hydrogen) atoms. The Morgan fingerprint density at radius 1 is 1.32 bits per heavy atom. The number of amides is 1. The molecular weight excluding hydrogens is 236 g/mol. The van der Waals surface area contributed by atoms with E-state index in [0.29, 0.717) is 11.5 Å². The molecule has 0 aromatic rings. The molecule has 0 aromatic carbocycles. The van der Waals surface area contributed by atoms with Crippen molar-refractivity contribution in [2.75, 3.05) is 13.1 Å². The van der Waals surface area contributed by atoms with Gasteiger partial charge in [0.05, 0.1) is 0 Å². The second kappa shape index (κ2) is 5.43. The van der Waals surface area contributed by atoms with E-state index in [2.05, 4.69) is 31.0 Å². The van der Waals surface area contributed by atoms with E-state index in [4.69, 9.17) is 0 Å². The van der Waals surface area contributed by atoms with Gasteiger partial charge in [-0.3, -0.25) is 4.79 Å². The van der Waals surface area contributed by atoms with Crippen LogP contribution in [0.2, 0.25) is 0 Å². The van der Waals surface area contributed by atoms with Crippen LogP contribution in [0, 0.1) is 5.41 Å². The number of nitrogens with zero attached hydrogens (tertiary/aromatic N) is 1. The lowest BCUT2D eigenvalue weighted by molar-refractivity contribution is -0.120. The van der Waals surface area contributed by atoms with E-state index in [1.165, 1.54) is 45.2 Å². The van der Waals surface area contributed by atoms with Gasteiger partial charge in [0, 0.05) is 25.0 Å². The summed E-state index contributed by atoms with van der Waals surface area (Å²) in [4.78, 5) is 13.9. The van der Waals surface area contributed by atoms with Gasteiger partial charge in [0.1, 0.15) is 0 Å². The summed E-state index contributed by atoms with van der Waals surface area (Å²) >= 11 is 0. The molecule has 1 saturated carbocycles. The lowest BCUT2D eigenvalue weighted by Crippen LogP contribution is -2.47. The Morgan fingerprint density at radius 2 is 1.95 bits per heavy atom. The predicted octanol–water partition coefficient (Wildman–Crippen LogP) is 2.95. The third-order valence-electron chi connectivity index (χ3n) is 5.08. The fourth-order valence-corrected chi connectivity index (χ4v) is 4.27. The van der Waals surface area contributed by atoms with Crippen molar-refractivity contribution < 1.29 is 4.79 Å². The van der Waals surface area contributed by atoms with Crippen molar-refractivity contribution in [2.24, 2.45) is 5.41 Å². The van der Waals surface area contributed by atoms with Gasteiger partial charge < -0.3 is 10.2 Å². The fourth-order valence-electron chi connectivity index (χ4n) is 4.27. The number of rotatable bonds is 4. The summed E-state index contributed by atoms with van der Waals surface area (Å²) in [6.07, 6.45) is 8.15. The lowest BCUT2D eigenvalue weighted by Gasteiger charge is -2.34. The number of nitrogens with one attached hydrogen (secondary N) is 1. The number of likely N-dealkylation sites (tertiary alicyclic amines) is 1. The summed E-state index contributed by atoms with van der Waals surface area (Å²) in [5, 5.41) is 3.07. The van der Waals surface area contributed by atoms with Crippen molar-refractivity contribution in [3.63, 3.8) is 0 Å². The van der Waals surface area contributed by atoms with Crippen molar-refractivity contribution in [1.82, 2.24) is 10.2 Å². The summed E-state index contributed by atoms with van der Waals surface area (Å²) in [6, 6.07) is 0.557. The predicted molar refractivity (Wildman–Crippen MR) is 79.1 cm³/mol. The van der Waals surface area contributed by atoms with E-state index < -0.39 is 0 Å². The van der Waals surface area contributed by atoms with Crippen molar-refractivity contribution in [1.29, 1.82) is 0 Å². The van der Waals surface area contributed by atoms with Gasteiger partial charge in [-0.15, -0.1) is 0 Å². The molecule has 2 fully saturated rings. The van der Waals surface area contributed by atoms with E-state index >= 15 is 0 Å². The summed E-state index contributed by atoms with van der Waals surface area (Å²) in [7, 11) is 0. The first-order valence-electron chi connectivity index (χ1n) is 7.85. The molecule has 1 saturated heterocycles. The average Bonchev–Trinajstić information content (AvgIpc) is 2.87. The third kappa shape index (κ3) is 3.71. The molecule has 1 spiro atoms. The Balaban J connectivity index is 1.87. The van der Waals surface area contributed by atoms with Crippen molar-refractivity contribution in [2.45, 2.75) is 77.8 Å². The maximum absolute atomic E-state index is 11.2. The smallest absolute Gasteiger partial charge is 0.217 e. The highest BCUT2D eigenvalue weighted by Gasteiger charge is 2.41. The van der Waals surface area contributed by atoms with Gasteiger partial charge in [-0.05, 0) is 58.4 Å². The molecule has 2 aliphatic rings. The molecule has 0 aromatic heterocycles. The fraction of sp³-hybridized carbons (Fsp3) is 0.938. The van der Waals surface area contributed by atoms with Gasteiger partial charge in [0.2, 0.25) is 5.91 Å². The summed E-state index contributed by atoms with van der Waals surface area (Å²) in [6.45, 7) is 10.7. The molecular formula is C16H30N2O. The van der Waals surface area contributed by atoms with Crippen LogP contribution in [0.25, 0.3) is 0 Å². The monoisotopic (exact) mass is 266 g/mol. The topological polar surface area (TPSA) is 32.3 Å². The molecule has 1 N–H and O–H groups in total. The van der Waals surface area contributed by atoms with Crippen LogP contribution in [-0.4, -0.2) is 35.5 Å². The van der Waals surface area contributed by atoms with Crippen LogP contribution >= 0.6 is 0 Å². The zero-order chi connectivity index (χ0) is 14.1. The van der Waals surface area contributed by atoms with E-state index in [0.717, 1.165) is 6.42 Å². The second-order valence-corrected chi connectivity index (χ2v) is 7.55. The van der Waals surface area contributed by atoms with E-state index in [9.17, 15) is 4.79 Å². The first kappa shape index (κ1) is 14.8. The van der Waals surface area contributed by atoms with E-state index in [-0.39, 0.29) is 11.4 Å². The van der Waals surface area contributed by atoms with E-state index in [1.807, 2.05) is 0 Å². The number of hydrogen-bond donors (Lipinski definition) is 1. The Bertz CT molecular complexity index is 332. The highest BCUT2D eigenvalue weighted by Crippen LogP contribution is 2.46. The van der Waals surface area contributed by atoms with Gasteiger partial charge in [0.25, 0.3) is 0 Å². The van der Waals surface area contributed by atoms with Crippen LogP contribution in [0.4, 0.5) is 0 Å². The molecule has 3 nitrogen and oxygen atoms in total. The van der Waals surface area contributed by atoms with Gasteiger partial charge >= 0.3 is 0 Å². The average molecular weight is 266 g/mol. The van der Waals surface area contributed by atoms with E-state index in [1.54, 1.807) is 6.92 Å². The number of hydrogen-bond acceptors (Lipinski definition) is 2. The molecule has 0 bridgehead atoms. The van der Waals surface area contributed by atoms with Crippen LogP contribution in [0.3, 0.4) is 0 Å². The molecule has 2 rings (SSSR count). The quantitative estimate of drug-likeness (QED) is 0.848. The van der Waals surface area contributed by atoms with Crippen LogP contribution in [0.5, 0.6) is 0 Å². The molecule has 1 heterocycles. The van der Waals surface area contributed by atoms with Crippen molar-refractivity contribution in [3.05, 3.63) is 0 Å². The van der Waals surface area contributed by atoms with Crippen LogP contribution in [0.15, 0.2) is 0 Å². The second-order valence-electron chi connectivity index (χ2n) is 7.55. The molecule has 0 radical (unpaired) electrons. The van der Waals surface area contributed by atoms with Crippen LogP contribution < -0.4 is 5.32 Å². The van der Waals surface area contributed by atoms with Gasteiger partial charge in [-0.2, -0.15) is 0 Å². The Morgan fingerprint density at radius 3 is 2.53 bits per heavy atom. The molecule has 1 amide bonds. The van der Waals surface area contributed by atoms with Crippen molar-refractivity contribution >= 4 is 5.91 Å². The zero-order valence-corrected chi connectivity index (χ0v) is 13.1. The Hall–Kier alpha value is -0.570. The minimum Gasteiger partial charge on any atom is -0.351 e. The normalized spacial score (nSPS) is 24.8. The standard InChI is InChI=1S/C16H30N2O/c1-13(11-15(3,4)17-14(2)19)18-10-9-16(12-18)7-5-6-8-16/h13H,5-12H2,1-4H3,(H,17,19)/t13-/m0/s1. The maximum Gasteiger partial charge on any atom is 0.217 e. The van der Waals surface area contributed by atoms with Crippen LogP contribution in [-0.2, 0) is 4.79 Å². The number of carbonyl (C=O) groups excluding carboxylic acids is 1. The zero-order valence-electron chi connectivity index (χ0n) is 13.1. The lowest BCUT2D eigenvalue weighted by atomic mass is 9.85. The SMILES string of the molecule is CC(=O)NC(C)(C)C[C@H](C)N1CCC2(CCCC2)C1. The summed E-state index contributed by atoms with van der Waals surface area (Å²) in [5.74, 6) is 0.0749. The van der Waals surface area contributed by atoms with Crippen molar-refractivity contribution in [3.8, 4) is 0 Å². The molecule has 1 atom stereocenters. The molecule has 0 unspecified atom stereocenters. The molecule has 1 aliphatic heterocycles. The van der Waals surface area contributed by atoms with Gasteiger partial charge in [0.15, 0.2) is 0 Å². The van der Waals surface area contributed by atoms with Gasteiger partial charge in [-0.1, -0.05) is 12.8 Å². The summed E-state index contributed by atoms with van der Waals surface area (Å²) < 4.78 is 0. The highest BCUT2D eigenvalue weighted by atomic mass is 16.1. The minimum atomic E-state index is -0.101. The first-order chi connectivity index (χ1) is 8.82.